The summed E-state index contributed by atoms with van der Waals surface area (Å²) in [5.74, 6) is -5.00. The largest absolute Gasteiger partial charge is 0.427 e. The van der Waals surface area contributed by atoms with E-state index in [0.717, 1.165) is 0 Å². The number of ketones is 1. The molecule has 42 heavy (non-hydrogen) atoms. The summed E-state index contributed by atoms with van der Waals surface area (Å²) in [6.07, 6.45) is 0. The van der Waals surface area contributed by atoms with Crippen molar-refractivity contribution in [1.82, 2.24) is 0 Å². The number of esters is 5. The van der Waals surface area contributed by atoms with Gasteiger partial charge in [0.25, 0.3) is 0 Å². The van der Waals surface area contributed by atoms with E-state index in [1.165, 1.54) is 77.1 Å². The van der Waals surface area contributed by atoms with Gasteiger partial charge in [0.05, 0.1) is 5.92 Å². The van der Waals surface area contributed by atoms with E-state index in [0.29, 0.717) is 16.7 Å². The van der Waals surface area contributed by atoms with E-state index in [-0.39, 0.29) is 34.3 Å². The second kappa shape index (κ2) is 12.0. The SMILES string of the molecule is CC(=O)Oc1ccc([C@@H]2C(=O)c3cc(OC(C)=O)cc(OC(C)=O)c3[C@@H]2c2cc(OC(C)=O)cc(OC(C)=O)c2)cc1. The summed E-state index contributed by atoms with van der Waals surface area (Å²) >= 11 is 0. The normalized spacial score (nSPS) is 15.3. The zero-order valence-corrected chi connectivity index (χ0v) is 23.3. The summed E-state index contributed by atoms with van der Waals surface area (Å²) in [4.78, 5) is 73.0. The Morgan fingerprint density at radius 2 is 0.952 bits per heavy atom. The van der Waals surface area contributed by atoms with Gasteiger partial charge in [0.2, 0.25) is 0 Å². The van der Waals surface area contributed by atoms with Crippen molar-refractivity contribution in [1.29, 1.82) is 0 Å². The summed E-state index contributed by atoms with van der Waals surface area (Å²) in [7, 11) is 0. The molecule has 1 aliphatic carbocycles. The summed E-state index contributed by atoms with van der Waals surface area (Å²) < 4.78 is 26.4. The van der Waals surface area contributed by atoms with Gasteiger partial charge in [0.1, 0.15) is 28.7 Å². The lowest BCUT2D eigenvalue weighted by molar-refractivity contribution is -0.133. The van der Waals surface area contributed by atoms with Crippen LogP contribution < -0.4 is 23.7 Å². The Labute approximate surface area is 240 Å². The molecular formula is C31H26O11. The van der Waals surface area contributed by atoms with Crippen LogP contribution >= 0.6 is 0 Å². The molecule has 0 aliphatic heterocycles. The molecule has 3 aromatic carbocycles. The number of hydrogen-bond donors (Lipinski definition) is 0. The average Bonchev–Trinajstić information content (AvgIpc) is 3.15. The molecule has 0 N–H and O–H groups in total. The van der Waals surface area contributed by atoms with Crippen molar-refractivity contribution in [2.45, 2.75) is 46.5 Å². The van der Waals surface area contributed by atoms with E-state index in [1.54, 1.807) is 12.1 Å². The molecule has 0 aromatic heterocycles. The zero-order valence-electron chi connectivity index (χ0n) is 23.3. The van der Waals surface area contributed by atoms with Crippen LogP contribution in [0, 0.1) is 0 Å². The van der Waals surface area contributed by atoms with Gasteiger partial charge in [-0.05, 0) is 41.5 Å². The minimum atomic E-state index is -0.939. The molecule has 0 spiro atoms. The van der Waals surface area contributed by atoms with Gasteiger partial charge < -0.3 is 23.7 Å². The molecule has 0 bridgehead atoms. The number of carbonyl (C=O) groups excluding carboxylic acids is 6. The Bertz CT molecular complexity index is 1580. The van der Waals surface area contributed by atoms with Crippen molar-refractivity contribution in [3.8, 4) is 28.7 Å². The topological polar surface area (TPSA) is 149 Å². The molecule has 0 unspecified atom stereocenters. The van der Waals surface area contributed by atoms with Crippen LogP contribution in [0.3, 0.4) is 0 Å². The van der Waals surface area contributed by atoms with E-state index in [9.17, 15) is 28.8 Å². The molecule has 0 saturated carbocycles. The molecule has 2 atom stereocenters. The van der Waals surface area contributed by atoms with Gasteiger partial charge in [-0.3, -0.25) is 28.8 Å². The van der Waals surface area contributed by atoms with Gasteiger partial charge in [-0.25, -0.2) is 0 Å². The van der Waals surface area contributed by atoms with Crippen molar-refractivity contribution in [2.24, 2.45) is 0 Å². The highest BCUT2D eigenvalue weighted by molar-refractivity contribution is 6.08. The molecule has 0 heterocycles. The second-order valence-electron chi connectivity index (χ2n) is 9.48. The highest BCUT2D eigenvalue weighted by atomic mass is 16.6. The highest BCUT2D eigenvalue weighted by Gasteiger charge is 2.45. The number of benzene rings is 3. The van der Waals surface area contributed by atoms with Crippen molar-refractivity contribution in [2.75, 3.05) is 0 Å². The highest BCUT2D eigenvalue weighted by Crippen LogP contribution is 2.53. The standard InChI is InChI=1S/C31H26O11/c1-15(32)38-22-8-6-20(7-9-22)29-28(21-10-23(39-16(2)33)12-24(11-21)40-17(3)34)30-26(31(29)37)13-25(41-18(4)35)14-27(30)42-19(5)36/h6-14,28-29H,1-5H3/t28-,29+/m1/s1. The number of carbonyl (C=O) groups is 6. The van der Waals surface area contributed by atoms with Crippen LogP contribution in [0.4, 0.5) is 0 Å². The van der Waals surface area contributed by atoms with Gasteiger partial charge in [0, 0.05) is 63.8 Å². The van der Waals surface area contributed by atoms with Crippen LogP contribution in [0.25, 0.3) is 0 Å². The number of hydrogen-bond acceptors (Lipinski definition) is 11. The van der Waals surface area contributed by atoms with Gasteiger partial charge in [-0.15, -0.1) is 0 Å². The fourth-order valence-electron chi connectivity index (χ4n) is 4.91. The Balaban J connectivity index is 1.99. The molecule has 216 valence electrons. The maximum absolute atomic E-state index is 14.1. The molecule has 3 aromatic rings. The van der Waals surface area contributed by atoms with Crippen molar-refractivity contribution >= 4 is 35.6 Å². The minimum Gasteiger partial charge on any atom is -0.427 e. The second-order valence-corrected chi connectivity index (χ2v) is 9.48. The maximum atomic E-state index is 14.1. The predicted octanol–water partition coefficient (Wildman–Crippen LogP) is 4.43. The van der Waals surface area contributed by atoms with Gasteiger partial charge >= 0.3 is 29.8 Å². The molecule has 0 radical (unpaired) electrons. The lowest BCUT2D eigenvalue weighted by atomic mass is 9.81. The van der Waals surface area contributed by atoms with Crippen LogP contribution in [-0.2, 0) is 24.0 Å². The van der Waals surface area contributed by atoms with Crippen LogP contribution in [0.5, 0.6) is 28.7 Å². The molecule has 0 saturated heterocycles. The van der Waals surface area contributed by atoms with Crippen LogP contribution in [-0.4, -0.2) is 35.6 Å². The fourth-order valence-corrected chi connectivity index (χ4v) is 4.91. The van der Waals surface area contributed by atoms with Crippen molar-refractivity contribution < 1.29 is 52.5 Å². The maximum Gasteiger partial charge on any atom is 0.308 e. The van der Waals surface area contributed by atoms with E-state index < -0.39 is 47.5 Å². The predicted molar refractivity (Wildman–Crippen MR) is 145 cm³/mol. The summed E-state index contributed by atoms with van der Waals surface area (Å²) in [5.41, 5.74) is 1.32. The molecule has 4 rings (SSSR count). The third-order valence-electron chi connectivity index (χ3n) is 6.11. The minimum absolute atomic E-state index is 0.00952. The Hall–Kier alpha value is -5.32. The van der Waals surface area contributed by atoms with Gasteiger partial charge in [-0.2, -0.15) is 0 Å². The summed E-state index contributed by atoms with van der Waals surface area (Å²) in [6.45, 7) is 6.04. The first-order valence-electron chi connectivity index (χ1n) is 12.7. The summed E-state index contributed by atoms with van der Waals surface area (Å²) in [5, 5.41) is 0. The average molecular weight is 575 g/mol. The van der Waals surface area contributed by atoms with E-state index in [2.05, 4.69) is 0 Å². The number of fused-ring (bicyclic) bond motifs is 1. The van der Waals surface area contributed by atoms with Crippen molar-refractivity contribution in [3.05, 3.63) is 76.9 Å². The number of rotatable bonds is 7. The third-order valence-corrected chi connectivity index (χ3v) is 6.11. The number of ether oxygens (including phenoxy) is 5. The first-order chi connectivity index (χ1) is 19.8. The molecule has 0 amide bonds. The molecule has 11 heteroatoms. The summed E-state index contributed by atoms with van der Waals surface area (Å²) in [6, 6.07) is 13.4. The smallest absolute Gasteiger partial charge is 0.308 e. The van der Waals surface area contributed by atoms with E-state index in [1.807, 2.05) is 0 Å². The van der Waals surface area contributed by atoms with Crippen LogP contribution in [0.15, 0.2) is 54.6 Å². The van der Waals surface area contributed by atoms with Crippen LogP contribution in [0.1, 0.15) is 73.5 Å². The quantitative estimate of drug-likeness (QED) is 0.291. The lowest BCUT2D eigenvalue weighted by Crippen LogP contribution is -2.15. The molecular weight excluding hydrogens is 548 g/mol. The van der Waals surface area contributed by atoms with Crippen molar-refractivity contribution in [3.63, 3.8) is 0 Å². The first kappa shape index (κ1) is 29.7. The molecule has 11 nitrogen and oxygen atoms in total. The van der Waals surface area contributed by atoms with Gasteiger partial charge in [0.15, 0.2) is 5.78 Å². The Kier molecular flexibility index (Phi) is 8.51. The molecule has 1 aliphatic rings. The first-order valence-corrected chi connectivity index (χ1v) is 12.7. The van der Waals surface area contributed by atoms with E-state index in [4.69, 9.17) is 23.7 Å². The zero-order chi connectivity index (χ0) is 30.7. The third kappa shape index (κ3) is 6.69. The fraction of sp³-hybridized carbons (Fsp3) is 0.226. The van der Waals surface area contributed by atoms with E-state index >= 15 is 0 Å². The number of Topliss-reactive ketones (excluding diaryl/α,β-unsaturated/α-hetero) is 1. The monoisotopic (exact) mass is 574 g/mol. The van der Waals surface area contributed by atoms with Crippen LogP contribution in [0.2, 0.25) is 0 Å². The molecule has 0 fully saturated rings. The Morgan fingerprint density at radius 3 is 1.43 bits per heavy atom. The van der Waals surface area contributed by atoms with Gasteiger partial charge in [-0.1, -0.05) is 12.1 Å². The lowest BCUT2D eigenvalue weighted by Gasteiger charge is -2.23. The Morgan fingerprint density at radius 1 is 0.500 bits per heavy atom.